The molecule has 1 unspecified atom stereocenters. The molecule has 0 fully saturated rings. The Bertz CT molecular complexity index is 1240. The summed E-state index contributed by atoms with van der Waals surface area (Å²) in [5.41, 5.74) is 1.65. The van der Waals surface area contributed by atoms with Gasteiger partial charge in [0.1, 0.15) is 11.9 Å². The van der Waals surface area contributed by atoms with Crippen LogP contribution < -0.4 is 14.8 Å². The molecule has 7 nitrogen and oxygen atoms in total. The van der Waals surface area contributed by atoms with Gasteiger partial charge in [0.05, 0.1) is 20.6 Å². The molecular weight excluding hydrogens is 425 g/mol. The Morgan fingerprint density at radius 2 is 1.70 bits per heavy atom. The van der Waals surface area contributed by atoms with E-state index in [-0.39, 0.29) is 29.7 Å². The molecule has 1 amide bonds. The maximum atomic E-state index is 14.6. The molecule has 8 heteroatoms. The summed E-state index contributed by atoms with van der Waals surface area (Å²) in [6, 6.07) is 19.6. The Morgan fingerprint density at radius 3 is 2.42 bits per heavy atom. The molecule has 0 aliphatic rings. The first-order chi connectivity index (χ1) is 16.1. The summed E-state index contributed by atoms with van der Waals surface area (Å²) >= 11 is 0. The average Bonchev–Trinajstić information content (AvgIpc) is 3.34. The van der Waals surface area contributed by atoms with Crippen LogP contribution in [0.4, 0.5) is 4.39 Å². The highest BCUT2D eigenvalue weighted by molar-refractivity contribution is 5.79. The monoisotopic (exact) mass is 447 g/mol. The second kappa shape index (κ2) is 9.95. The Kier molecular flexibility index (Phi) is 6.64. The van der Waals surface area contributed by atoms with E-state index >= 15 is 0 Å². The van der Waals surface area contributed by atoms with Gasteiger partial charge in [-0.05, 0) is 35.9 Å². The summed E-state index contributed by atoms with van der Waals surface area (Å²) in [7, 11) is 3.06. The van der Waals surface area contributed by atoms with Crippen LogP contribution in [-0.2, 0) is 11.2 Å². The molecule has 0 aliphatic carbocycles. The number of benzene rings is 3. The minimum absolute atomic E-state index is 0.0327. The van der Waals surface area contributed by atoms with E-state index in [1.807, 2.05) is 30.3 Å². The van der Waals surface area contributed by atoms with Crippen molar-refractivity contribution in [1.82, 2.24) is 15.5 Å². The van der Waals surface area contributed by atoms with Gasteiger partial charge in [0.25, 0.3) is 0 Å². The zero-order chi connectivity index (χ0) is 23.2. The topological polar surface area (TPSA) is 86.5 Å². The van der Waals surface area contributed by atoms with E-state index in [4.69, 9.17) is 13.9 Å². The molecule has 4 rings (SSSR count). The van der Waals surface area contributed by atoms with Gasteiger partial charge in [-0.3, -0.25) is 4.79 Å². The highest BCUT2D eigenvalue weighted by atomic mass is 19.1. The molecular formula is C25H22FN3O4. The minimum atomic E-state index is -0.955. The molecule has 1 atom stereocenters. The van der Waals surface area contributed by atoms with Gasteiger partial charge in [0.2, 0.25) is 17.7 Å². The van der Waals surface area contributed by atoms with Gasteiger partial charge in [0.15, 0.2) is 11.5 Å². The first kappa shape index (κ1) is 22.0. The van der Waals surface area contributed by atoms with E-state index in [0.717, 1.165) is 5.56 Å². The number of aromatic nitrogens is 2. The third-order valence-corrected chi connectivity index (χ3v) is 5.04. The van der Waals surface area contributed by atoms with E-state index in [0.29, 0.717) is 17.1 Å². The molecule has 33 heavy (non-hydrogen) atoms. The van der Waals surface area contributed by atoms with Crippen LogP contribution >= 0.6 is 0 Å². The van der Waals surface area contributed by atoms with Gasteiger partial charge in [-0.25, -0.2) is 4.39 Å². The van der Waals surface area contributed by atoms with E-state index in [1.165, 1.54) is 20.3 Å². The number of rotatable bonds is 8. The molecule has 168 valence electrons. The number of methoxy groups -OCH3 is 2. The zero-order valence-electron chi connectivity index (χ0n) is 18.1. The maximum absolute atomic E-state index is 14.6. The molecule has 4 aromatic rings. The van der Waals surface area contributed by atoms with Crippen LogP contribution in [0.2, 0.25) is 0 Å². The Hall–Kier alpha value is -4.20. The van der Waals surface area contributed by atoms with E-state index in [2.05, 4.69) is 15.5 Å². The third-order valence-electron chi connectivity index (χ3n) is 5.04. The number of nitrogens with zero attached hydrogens (tertiary/aromatic N) is 2. The molecule has 0 radical (unpaired) electrons. The van der Waals surface area contributed by atoms with Crippen molar-refractivity contribution in [2.75, 3.05) is 14.2 Å². The van der Waals surface area contributed by atoms with Crippen LogP contribution in [0.3, 0.4) is 0 Å². The minimum Gasteiger partial charge on any atom is -0.493 e. The molecule has 0 saturated heterocycles. The van der Waals surface area contributed by atoms with Crippen molar-refractivity contribution in [2.45, 2.75) is 12.5 Å². The molecule has 1 heterocycles. The lowest BCUT2D eigenvalue weighted by Gasteiger charge is -2.17. The van der Waals surface area contributed by atoms with E-state index in [1.54, 1.807) is 36.4 Å². The van der Waals surface area contributed by atoms with Gasteiger partial charge in [0, 0.05) is 11.1 Å². The predicted molar refractivity (Wildman–Crippen MR) is 119 cm³/mol. The molecule has 1 N–H and O–H groups in total. The Balaban J connectivity index is 1.61. The van der Waals surface area contributed by atoms with Crippen LogP contribution in [0.5, 0.6) is 11.5 Å². The summed E-state index contributed by atoms with van der Waals surface area (Å²) in [5.74, 6) is 0.590. The van der Waals surface area contributed by atoms with Crippen molar-refractivity contribution in [3.05, 3.63) is 95.6 Å². The first-order valence-electron chi connectivity index (χ1n) is 10.2. The fourth-order valence-corrected chi connectivity index (χ4v) is 3.42. The fraction of sp³-hybridized carbons (Fsp3) is 0.160. The average molecular weight is 447 g/mol. The molecule has 0 spiro atoms. The van der Waals surface area contributed by atoms with Gasteiger partial charge < -0.3 is 19.2 Å². The SMILES string of the molecule is COc1ccc(CC(=O)NC(c2nnc(-c3ccccc3)o2)c2ccccc2F)cc1OC. The second-order valence-electron chi connectivity index (χ2n) is 7.20. The maximum Gasteiger partial charge on any atom is 0.247 e. The summed E-state index contributed by atoms with van der Waals surface area (Å²) < 4.78 is 31.0. The lowest BCUT2D eigenvalue weighted by molar-refractivity contribution is -0.121. The van der Waals surface area contributed by atoms with Crippen molar-refractivity contribution in [3.63, 3.8) is 0 Å². The number of amides is 1. The Morgan fingerprint density at radius 1 is 0.970 bits per heavy atom. The lowest BCUT2D eigenvalue weighted by Crippen LogP contribution is -2.31. The van der Waals surface area contributed by atoms with Gasteiger partial charge in [-0.15, -0.1) is 10.2 Å². The number of halogens is 1. The quantitative estimate of drug-likeness (QED) is 0.432. The molecule has 1 aromatic heterocycles. The van der Waals surface area contributed by atoms with Crippen LogP contribution in [0.25, 0.3) is 11.5 Å². The molecule has 0 bridgehead atoms. The number of ether oxygens (including phenoxy) is 2. The normalized spacial score (nSPS) is 11.6. The summed E-state index contributed by atoms with van der Waals surface area (Å²) in [5, 5.41) is 11.0. The fourth-order valence-electron chi connectivity index (χ4n) is 3.42. The van der Waals surface area contributed by atoms with Crippen LogP contribution in [0.1, 0.15) is 23.1 Å². The number of hydrogen-bond donors (Lipinski definition) is 1. The van der Waals surface area contributed by atoms with Gasteiger partial charge in [-0.2, -0.15) is 0 Å². The summed E-state index contributed by atoms with van der Waals surface area (Å²) in [6.07, 6.45) is 0.0327. The van der Waals surface area contributed by atoms with E-state index < -0.39 is 11.9 Å². The largest absolute Gasteiger partial charge is 0.493 e. The van der Waals surface area contributed by atoms with Crippen molar-refractivity contribution in [2.24, 2.45) is 0 Å². The van der Waals surface area contributed by atoms with Gasteiger partial charge in [-0.1, -0.05) is 42.5 Å². The lowest BCUT2D eigenvalue weighted by atomic mass is 10.0. The number of hydrogen-bond acceptors (Lipinski definition) is 6. The van der Waals surface area contributed by atoms with Crippen molar-refractivity contribution < 1.29 is 23.1 Å². The second-order valence-corrected chi connectivity index (χ2v) is 7.20. The predicted octanol–water partition coefficient (Wildman–Crippen LogP) is 4.34. The third kappa shape index (κ3) is 5.01. The van der Waals surface area contributed by atoms with Crippen molar-refractivity contribution >= 4 is 5.91 Å². The molecule has 0 saturated carbocycles. The standard InChI is InChI=1S/C25H22FN3O4/c1-31-20-13-12-16(14-21(20)32-2)15-22(30)27-23(18-10-6-7-11-19(18)26)25-29-28-24(33-25)17-8-4-3-5-9-17/h3-14,23H,15H2,1-2H3,(H,27,30). The smallest absolute Gasteiger partial charge is 0.247 e. The van der Waals surface area contributed by atoms with Crippen LogP contribution in [-0.4, -0.2) is 30.3 Å². The highest BCUT2D eigenvalue weighted by Crippen LogP contribution is 2.29. The van der Waals surface area contributed by atoms with E-state index in [9.17, 15) is 9.18 Å². The highest BCUT2D eigenvalue weighted by Gasteiger charge is 2.26. The first-order valence-corrected chi connectivity index (χ1v) is 10.2. The zero-order valence-corrected chi connectivity index (χ0v) is 18.1. The van der Waals surface area contributed by atoms with Crippen molar-refractivity contribution in [1.29, 1.82) is 0 Å². The molecule has 3 aromatic carbocycles. The summed E-state index contributed by atoms with van der Waals surface area (Å²) in [6.45, 7) is 0. The Labute approximate surface area is 190 Å². The van der Waals surface area contributed by atoms with Crippen LogP contribution in [0, 0.1) is 5.82 Å². The number of carbonyl (C=O) groups is 1. The van der Waals surface area contributed by atoms with Gasteiger partial charge >= 0.3 is 0 Å². The number of carbonyl (C=O) groups excluding carboxylic acids is 1. The van der Waals surface area contributed by atoms with Crippen LogP contribution in [0.15, 0.2) is 77.2 Å². The summed E-state index contributed by atoms with van der Waals surface area (Å²) in [4.78, 5) is 12.9. The number of nitrogens with one attached hydrogen (secondary N) is 1. The van der Waals surface area contributed by atoms with Crippen molar-refractivity contribution in [3.8, 4) is 23.0 Å². The molecule has 0 aliphatic heterocycles.